The minimum absolute atomic E-state index is 0.00924. The number of ether oxygens (including phenoxy) is 10. The molecule has 5 N–H and O–H groups in total. The molecule has 0 aromatic heterocycles. The summed E-state index contributed by atoms with van der Waals surface area (Å²) in [6.45, 7) is 8.68. The second-order valence-electron chi connectivity index (χ2n) is 14.0. The van der Waals surface area contributed by atoms with E-state index in [1.165, 1.54) is 0 Å². The lowest BCUT2D eigenvalue weighted by Gasteiger charge is -2.21. The smallest absolute Gasteiger partial charge is 0.330 e. The summed E-state index contributed by atoms with van der Waals surface area (Å²) < 4.78 is 69.4. The topological polar surface area (TPSA) is 272 Å². The van der Waals surface area contributed by atoms with Gasteiger partial charge in [0.1, 0.15) is 6.04 Å². The molecule has 0 saturated carbocycles. The lowest BCUT2D eigenvalue weighted by molar-refractivity contribution is -0.131. The highest BCUT2D eigenvalue weighted by Crippen LogP contribution is 2.46. The van der Waals surface area contributed by atoms with Crippen LogP contribution in [0.4, 0.5) is 0 Å². The molecule has 0 bridgehead atoms. The SMILES string of the molecule is COCCOCCCC(=O)C(CCC(=O)NCCOCCOC)NC(=O)CCC(NC(=O)CCOCCOCCOCCOCCOP(=O)(O)C(C)C)C(=O)NCCOCCOC. The van der Waals surface area contributed by atoms with Gasteiger partial charge in [-0.05, 0) is 19.3 Å². The number of Topliss-reactive ketones (excluding diaryl/α,β-unsaturated/α-hetero) is 1. The largest absolute Gasteiger partial charge is 0.382 e. The van der Waals surface area contributed by atoms with Crippen molar-refractivity contribution in [2.45, 2.75) is 76.5 Å². The third-order valence-corrected chi connectivity index (χ3v) is 10.4. The third-order valence-electron chi connectivity index (χ3n) is 8.56. The zero-order valence-electron chi connectivity index (χ0n) is 38.2. The number of carbonyl (C=O) groups excluding carboxylic acids is 5. The van der Waals surface area contributed by atoms with Gasteiger partial charge in [0.25, 0.3) is 0 Å². The average Bonchev–Trinajstić information content (AvgIpc) is 3.25. The maximum absolute atomic E-state index is 13.2. The van der Waals surface area contributed by atoms with Crippen molar-refractivity contribution < 1.29 is 85.3 Å². The Morgan fingerprint density at radius 2 is 0.889 bits per heavy atom. The third kappa shape index (κ3) is 37.2. The molecule has 0 saturated heterocycles. The molecule has 0 aromatic carbocycles. The van der Waals surface area contributed by atoms with Gasteiger partial charge in [-0.25, -0.2) is 0 Å². The van der Waals surface area contributed by atoms with Crippen LogP contribution < -0.4 is 21.3 Å². The molecule has 0 aliphatic rings. The van der Waals surface area contributed by atoms with Gasteiger partial charge in [-0.2, -0.15) is 0 Å². The molecular formula is C40H77N4O18P. The van der Waals surface area contributed by atoms with E-state index in [0.717, 1.165) is 0 Å². The number of ketones is 1. The molecule has 370 valence electrons. The van der Waals surface area contributed by atoms with E-state index in [2.05, 4.69) is 21.3 Å². The molecule has 22 nitrogen and oxygen atoms in total. The van der Waals surface area contributed by atoms with E-state index >= 15 is 0 Å². The predicted molar refractivity (Wildman–Crippen MR) is 229 cm³/mol. The number of amides is 4. The second-order valence-corrected chi connectivity index (χ2v) is 16.5. The van der Waals surface area contributed by atoms with E-state index in [-0.39, 0.29) is 110 Å². The van der Waals surface area contributed by atoms with E-state index in [9.17, 15) is 33.4 Å². The van der Waals surface area contributed by atoms with Crippen LogP contribution in [0.5, 0.6) is 0 Å². The number of rotatable bonds is 46. The van der Waals surface area contributed by atoms with E-state index in [4.69, 9.17) is 51.9 Å². The number of carbonyl (C=O) groups is 5. The van der Waals surface area contributed by atoms with Gasteiger partial charge in [0, 0.05) is 66.7 Å². The van der Waals surface area contributed by atoms with E-state index in [0.29, 0.717) is 79.1 Å². The Labute approximate surface area is 372 Å². The quantitative estimate of drug-likeness (QED) is 0.0402. The van der Waals surface area contributed by atoms with Crippen LogP contribution in [-0.4, -0.2) is 205 Å². The summed E-state index contributed by atoms with van der Waals surface area (Å²) in [5.74, 6) is -2.10. The van der Waals surface area contributed by atoms with Crippen molar-refractivity contribution in [3.63, 3.8) is 0 Å². The Morgan fingerprint density at radius 3 is 1.43 bits per heavy atom. The first-order valence-corrected chi connectivity index (χ1v) is 23.2. The highest BCUT2D eigenvalue weighted by atomic mass is 31.2. The maximum Gasteiger partial charge on any atom is 0.330 e. The number of hydrogen-bond acceptors (Lipinski definition) is 17. The van der Waals surface area contributed by atoms with Crippen LogP contribution in [0.3, 0.4) is 0 Å². The van der Waals surface area contributed by atoms with E-state index < -0.39 is 43.1 Å². The molecule has 4 amide bonds. The van der Waals surface area contributed by atoms with Crippen molar-refractivity contribution >= 4 is 37.0 Å². The van der Waals surface area contributed by atoms with Gasteiger partial charge in [0.2, 0.25) is 23.6 Å². The zero-order chi connectivity index (χ0) is 46.8. The Morgan fingerprint density at radius 1 is 0.476 bits per heavy atom. The Kier molecular flexibility index (Phi) is 40.2. The molecule has 0 fully saturated rings. The average molecular weight is 933 g/mol. The van der Waals surface area contributed by atoms with Crippen molar-refractivity contribution in [2.24, 2.45) is 0 Å². The second kappa shape index (κ2) is 42.0. The van der Waals surface area contributed by atoms with Crippen LogP contribution in [0.15, 0.2) is 0 Å². The molecule has 0 radical (unpaired) electrons. The van der Waals surface area contributed by atoms with E-state index in [1.807, 2.05) is 0 Å². The van der Waals surface area contributed by atoms with Crippen LogP contribution >= 0.6 is 7.60 Å². The number of methoxy groups -OCH3 is 3. The summed E-state index contributed by atoms with van der Waals surface area (Å²) in [4.78, 5) is 74.6. The first kappa shape index (κ1) is 60.3. The van der Waals surface area contributed by atoms with Crippen molar-refractivity contribution in [2.75, 3.05) is 153 Å². The lowest BCUT2D eigenvalue weighted by Crippen LogP contribution is -2.48. The Bertz CT molecular complexity index is 1240. The minimum atomic E-state index is -3.61. The fourth-order valence-corrected chi connectivity index (χ4v) is 5.58. The van der Waals surface area contributed by atoms with Crippen LogP contribution in [0.2, 0.25) is 0 Å². The number of hydrogen-bond donors (Lipinski definition) is 5. The molecule has 0 aliphatic heterocycles. The monoisotopic (exact) mass is 932 g/mol. The fourth-order valence-electron chi connectivity index (χ4n) is 4.95. The van der Waals surface area contributed by atoms with Gasteiger partial charge in [-0.3, -0.25) is 28.5 Å². The van der Waals surface area contributed by atoms with Gasteiger partial charge < -0.3 is 78.1 Å². The maximum atomic E-state index is 13.2. The van der Waals surface area contributed by atoms with Gasteiger partial charge in [-0.15, -0.1) is 0 Å². The normalized spacial score (nSPS) is 13.3. The van der Waals surface area contributed by atoms with Crippen molar-refractivity contribution in [3.05, 3.63) is 0 Å². The predicted octanol–water partition coefficient (Wildman–Crippen LogP) is 0.154. The van der Waals surface area contributed by atoms with Gasteiger partial charge in [0.05, 0.1) is 124 Å². The van der Waals surface area contributed by atoms with Gasteiger partial charge >= 0.3 is 7.60 Å². The molecule has 0 aromatic rings. The Balaban J connectivity index is 4.93. The van der Waals surface area contributed by atoms with Crippen LogP contribution in [0.25, 0.3) is 0 Å². The van der Waals surface area contributed by atoms with Gasteiger partial charge in [-0.1, -0.05) is 13.8 Å². The van der Waals surface area contributed by atoms with Crippen molar-refractivity contribution in [1.29, 1.82) is 0 Å². The molecule has 0 spiro atoms. The Hall–Kier alpha value is -2.70. The summed E-state index contributed by atoms with van der Waals surface area (Å²) in [7, 11) is 1.05. The first-order chi connectivity index (χ1) is 30.4. The number of nitrogens with one attached hydrogen (secondary N) is 4. The minimum Gasteiger partial charge on any atom is -0.382 e. The summed E-state index contributed by atoms with van der Waals surface area (Å²) >= 11 is 0. The van der Waals surface area contributed by atoms with E-state index in [1.54, 1.807) is 35.2 Å². The molecule has 3 unspecified atom stereocenters. The summed E-state index contributed by atoms with van der Waals surface area (Å²) in [5.41, 5.74) is -0.482. The highest BCUT2D eigenvalue weighted by molar-refractivity contribution is 7.53. The van der Waals surface area contributed by atoms with Crippen molar-refractivity contribution in [1.82, 2.24) is 21.3 Å². The molecule has 0 heterocycles. The summed E-state index contributed by atoms with van der Waals surface area (Å²) in [6.07, 6.45) is 0.198. The molecular weight excluding hydrogens is 855 g/mol. The highest BCUT2D eigenvalue weighted by Gasteiger charge is 2.26. The first-order valence-electron chi connectivity index (χ1n) is 21.5. The molecule has 0 rings (SSSR count). The van der Waals surface area contributed by atoms with Crippen LogP contribution in [0.1, 0.15) is 58.8 Å². The van der Waals surface area contributed by atoms with Crippen LogP contribution in [-0.2, 0) is 80.4 Å². The summed E-state index contributed by atoms with van der Waals surface area (Å²) in [5, 5.41) is 10.8. The fraction of sp³-hybridized carbons (Fsp3) is 0.875. The van der Waals surface area contributed by atoms with Crippen molar-refractivity contribution in [3.8, 4) is 0 Å². The summed E-state index contributed by atoms with van der Waals surface area (Å²) in [6, 6.07) is -2.04. The standard InChI is InChI=1S/C40H77N4O18P/c1-33(2)63(50,51)62-32-31-61-30-29-60-28-27-59-26-25-56-16-12-39(48)44-35(40(49)42-14-18-58-24-21-54-5)9-11-38(47)43-34(36(45)7-6-15-55-22-19-52-3)8-10-37(46)41-13-17-57-23-20-53-4/h33-35H,6-32H2,1-5H3,(H,41,46)(H,42,49)(H,43,47)(H,44,48)(H,50,51). The lowest BCUT2D eigenvalue weighted by atomic mass is 10.0. The van der Waals surface area contributed by atoms with Gasteiger partial charge in [0.15, 0.2) is 5.78 Å². The molecule has 3 atom stereocenters. The van der Waals surface area contributed by atoms with Crippen LogP contribution in [0, 0.1) is 0 Å². The zero-order valence-corrected chi connectivity index (χ0v) is 39.1. The molecule has 0 aliphatic carbocycles. The molecule has 63 heavy (non-hydrogen) atoms. The molecule has 23 heteroatoms.